The number of fused-ring (bicyclic) bond motifs is 1. The molecule has 0 atom stereocenters. The number of carboxylic acid groups (broad SMARTS) is 1. The van der Waals surface area contributed by atoms with Gasteiger partial charge in [-0.2, -0.15) is 5.10 Å². The van der Waals surface area contributed by atoms with Crippen LogP contribution in [-0.4, -0.2) is 21.4 Å². The van der Waals surface area contributed by atoms with Crippen molar-refractivity contribution in [2.24, 2.45) is 0 Å². The van der Waals surface area contributed by atoms with E-state index >= 15 is 0 Å². The first-order valence-electron chi connectivity index (χ1n) is 6.32. The molecule has 1 heterocycles. The van der Waals surface area contributed by atoms with Gasteiger partial charge in [-0.3, -0.25) is 10.00 Å². The van der Waals surface area contributed by atoms with E-state index in [-0.39, 0.29) is 6.54 Å². The molecule has 0 aliphatic carbocycles. The number of nitrogens with zero attached hydrogens (tertiary/aromatic N) is 2. The van der Waals surface area contributed by atoms with E-state index in [9.17, 15) is 9.90 Å². The topological polar surface area (TPSA) is 69.2 Å². The first kappa shape index (κ1) is 13.5. The number of anilines is 1. The van der Waals surface area contributed by atoms with Gasteiger partial charge in [-0.05, 0) is 17.7 Å². The van der Waals surface area contributed by atoms with Crippen LogP contribution in [0.1, 0.15) is 5.56 Å². The van der Waals surface area contributed by atoms with Crippen LogP contribution in [0.3, 0.4) is 0 Å². The Morgan fingerprint density at radius 3 is 2.76 bits per heavy atom. The molecule has 0 unspecified atom stereocenters. The maximum atomic E-state index is 11.6. The summed E-state index contributed by atoms with van der Waals surface area (Å²) in [7, 11) is 0. The van der Waals surface area contributed by atoms with Crippen molar-refractivity contribution < 1.29 is 9.90 Å². The monoisotopic (exact) mass is 301 g/mol. The van der Waals surface area contributed by atoms with Gasteiger partial charge in [0.1, 0.15) is 0 Å². The third-order valence-electron chi connectivity index (χ3n) is 3.21. The summed E-state index contributed by atoms with van der Waals surface area (Å²) >= 11 is 6.21. The molecule has 1 amide bonds. The molecule has 0 radical (unpaired) electrons. The number of halogens is 1. The average Bonchev–Trinajstić information content (AvgIpc) is 2.92. The highest BCUT2D eigenvalue weighted by molar-refractivity contribution is 6.34. The molecule has 21 heavy (non-hydrogen) atoms. The second kappa shape index (κ2) is 5.46. The van der Waals surface area contributed by atoms with Gasteiger partial charge in [0.05, 0.1) is 29.0 Å². The van der Waals surface area contributed by atoms with Gasteiger partial charge in [-0.1, -0.05) is 41.9 Å². The fourth-order valence-corrected chi connectivity index (χ4v) is 2.45. The molecular formula is C15H12ClN3O2. The van der Waals surface area contributed by atoms with Crippen LogP contribution in [-0.2, 0) is 6.54 Å². The lowest BCUT2D eigenvalue weighted by atomic mass is 10.2. The van der Waals surface area contributed by atoms with E-state index in [1.54, 1.807) is 18.3 Å². The fourth-order valence-electron chi connectivity index (χ4n) is 2.18. The van der Waals surface area contributed by atoms with Gasteiger partial charge in [-0.25, -0.2) is 4.79 Å². The Morgan fingerprint density at radius 2 is 2.05 bits per heavy atom. The van der Waals surface area contributed by atoms with E-state index in [0.29, 0.717) is 10.7 Å². The zero-order chi connectivity index (χ0) is 14.8. The van der Waals surface area contributed by atoms with Gasteiger partial charge >= 0.3 is 6.09 Å². The lowest BCUT2D eigenvalue weighted by molar-refractivity contribution is 0.201. The average molecular weight is 302 g/mol. The molecule has 5 nitrogen and oxygen atoms in total. The fraction of sp³-hybridized carbons (Fsp3) is 0.0667. The third-order valence-corrected chi connectivity index (χ3v) is 3.52. The minimum absolute atomic E-state index is 0.235. The van der Waals surface area contributed by atoms with Gasteiger partial charge in [0, 0.05) is 5.39 Å². The van der Waals surface area contributed by atoms with Crippen LogP contribution >= 0.6 is 11.6 Å². The molecule has 3 rings (SSSR count). The molecule has 0 bridgehead atoms. The van der Waals surface area contributed by atoms with E-state index in [1.165, 1.54) is 4.90 Å². The van der Waals surface area contributed by atoms with Gasteiger partial charge in [0.2, 0.25) is 0 Å². The summed E-state index contributed by atoms with van der Waals surface area (Å²) in [6.07, 6.45) is 0.584. The van der Waals surface area contributed by atoms with Crippen molar-refractivity contribution in [3.63, 3.8) is 0 Å². The maximum Gasteiger partial charge on any atom is 0.412 e. The Labute approximate surface area is 125 Å². The van der Waals surface area contributed by atoms with Crippen LogP contribution < -0.4 is 4.90 Å². The number of hydrogen-bond acceptors (Lipinski definition) is 2. The minimum atomic E-state index is -1.05. The Hall–Kier alpha value is -2.53. The second-order valence-corrected chi connectivity index (χ2v) is 5.02. The molecule has 0 saturated carbocycles. The van der Waals surface area contributed by atoms with Crippen LogP contribution in [0.25, 0.3) is 10.9 Å². The summed E-state index contributed by atoms with van der Waals surface area (Å²) in [6, 6.07) is 12.8. The van der Waals surface area contributed by atoms with Gasteiger partial charge in [0.15, 0.2) is 0 Å². The zero-order valence-corrected chi connectivity index (χ0v) is 11.7. The predicted octanol–water partition coefficient (Wildman–Crippen LogP) is 3.90. The van der Waals surface area contributed by atoms with E-state index < -0.39 is 6.09 Å². The number of rotatable bonds is 3. The Morgan fingerprint density at radius 1 is 1.29 bits per heavy atom. The molecular weight excluding hydrogens is 290 g/mol. The molecule has 0 aliphatic rings. The SMILES string of the molecule is O=C(O)N(Cc1ccccc1)c1cc2cn[nH]c2cc1Cl. The van der Waals surface area contributed by atoms with Crippen LogP contribution in [0.15, 0.2) is 48.7 Å². The quantitative estimate of drug-likeness (QED) is 0.771. The molecule has 106 valence electrons. The molecule has 0 aliphatic heterocycles. The normalized spacial score (nSPS) is 10.7. The van der Waals surface area contributed by atoms with Crippen molar-refractivity contribution >= 4 is 34.3 Å². The number of carbonyl (C=O) groups is 1. The van der Waals surface area contributed by atoms with E-state index in [0.717, 1.165) is 16.5 Å². The van der Waals surface area contributed by atoms with Gasteiger partial charge in [0.25, 0.3) is 0 Å². The number of aromatic nitrogens is 2. The molecule has 0 fully saturated rings. The molecule has 2 aromatic carbocycles. The number of nitrogens with one attached hydrogen (secondary N) is 1. The van der Waals surface area contributed by atoms with Gasteiger partial charge in [-0.15, -0.1) is 0 Å². The number of aromatic amines is 1. The van der Waals surface area contributed by atoms with Crippen molar-refractivity contribution in [3.8, 4) is 0 Å². The third kappa shape index (κ3) is 2.68. The summed E-state index contributed by atoms with van der Waals surface area (Å²) in [5.74, 6) is 0. The molecule has 2 N–H and O–H groups in total. The van der Waals surface area contributed by atoms with E-state index in [1.807, 2.05) is 30.3 Å². The molecule has 1 aromatic heterocycles. The Bertz CT molecular complexity index is 786. The largest absolute Gasteiger partial charge is 0.465 e. The van der Waals surface area contributed by atoms with Crippen molar-refractivity contribution in [3.05, 3.63) is 59.2 Å². The van der Waals surface area contributed by atoms with Crippen LogP contribution in [0, 0.1) is 0 Å². The van der Waals surface area contributed by atoms with Crippen LogP contribution in [0.4, 0.5) is 10.5 Å². The lowest BCUT2D eigenvalue weighted by Gasteiger charge is -2.20. The Kier molecular flexibility index (Phi) is 3.50. The van der Waals surface area contributed by atoms with Crippen LogP contribution in [0.5, 0.6) is 0 Å². The van der Waals surface area contributed by atoms with Crippen molar-refractivity contribution in [1.82, 2.24) is 10.2 Å². The highest BCUT2D eigenvalue weighted by atomic mass is 35.5. The predicted molar refractivity (Wildman–Crippen MR) is 81.8 cm³/mol. The first-order chi connectivity index (χ1) is 10.1. The summed E-state index contributed by atoms with van der Waals surface area (Å²) < 4.78 is 0. The van der Waals surface area contributed by atoms with Crippen molar-refractivity contribution in [1.29, 1.82) is 0 Å². The number of H-pyrrole nitrogens is 1. The number of benzene rings is 2. The first-order valence-corrected chi connectivity index (χ1v) is 6.70. The summed E-state index contributed by atoms with van der Waals surface area (Å²) in [5.41, 5.74) is 2.11. The van der Waals surface area contributed by atoms with Gasteiger partial charge < -0.3 is 5.11 Å². The second-order valence-electron chi connectivity index (χ2n) is 4.62. The lowest BCUT2D eigenvalue weighted by Crippen LogP contribution is -2.28. The summed E-state index contributed by atoms with van der Waals surface area (Å²) in [4.78, 5) is 12.8. The molecule has 0 spiro atoms. The van der Waals surface area contributed by atoms with Crippen molar-refractivity contribution in [2.75, 3.05) is 4.90 Å². The molecule has 0 saturated heterocycles. The maximum absolute atomic E-state index is 11.6. The number of amides is 1. The molecule has 3 aromatic rings. The van der Waals surface area contributed by atoms with Crippen LogP contribution in [0.2, 0.25) is 5.02 Å². The zero-order valence-electron chi connectivity index (χ0n) is 11.0. The standard InChI is InChI=1S/C15H12ClN3O2/c16-12-7-13-11(8-17-18-13)6-14(12)19(15(20)21)9-10-4-2-1-3-5-10/h1-8H,9H2,(H,17,18)(H,20,21). The van der Waals surface area contributed by atoms with E-state index in [2.05, 4.69) is 10.2 Å². The summed E-state index contributed by atoms with van der Waals surface area (Å²) in [6.45, 7) is 0.235. The smallest absolute Gasteiger partial charge is 0.412 e. The number of hydrogen-bond donors (Lipinski definition) is 2. The Balaban J connectivity index is 2.02. The molecule has 6 heteroatoms. The highest BCUT2D eigenvalue weighted by Crippen LogP contribution is 2.31. The van der Waals surface area contributed by atoms with Crippen molar-refractivity contribution in [2.45, 2.75) is 6.54 Å². The highest BCUT2D eigenvalue weighted by Gasteiger charge is 2.19. The minimum Gasteiger partial charge on any atom is -0.465 e. The summed E-state index contributed by atoms with van der Waals surface area (Å²) in [5, 5.41) is 17.4. The van der Waals surface area contributed by atoms with E-state index in [4.69, 9.17) is 11.6 Å².